The molecule has 1 N–H and O–H groups in total. The monoisotopic (exact) mass is 462 g/mol. The number of hydrogen-bond acceptors (Lipinski definition) is 7. The molecule has 176 valence electrons. The van der Waals surface area contributed by atoms with Crippen molar-refractivity contribution in [3.63, 3.8) is 0 Å². The van der Waals surface area contributed by atoms with E-state index in [1.165, 1.54) is 7.11 Å². The Bertz CT molecular complexity index is 1220. The SMILES string of the molecule is CCOc1cc(C2Nc3ccccc3C(=O)N2C2CC2)ccc1OCc1ccc(C(=O)OC)o1. The summed E-state index contributed by atoms with van der Waals surface area (Å²) in [6, 6.07) is 16.7. The number of rotatable bonds is 8. The highest BCUT2D eigenvalue weighted by Crippen LogP contribution is 2.42. The van der Waals surface area contributed by atoms with E-state index in [9.17, 15) is 9.59 Å². The highest BCUT2D eigenvalue weighted by molar-refractivity contribution is 6.02. The largest absolute Gasteiger partial charge is 0.490 e. The minimum Gasteiger partial charge on any atom is -0.490 e. The lowest BCUT2D eigenvalue weighted by molar-refractivity contribution is 0.0560. The smallest absolute Gasteiger partial charge is 0.373 e. The minimum absolute atomic E-state index is 0.0411. The Morgan fingerprint density at radius 3 is 2.68 bits per heavy atom. The van der Waals surface area contributed by atoms with Gasteiger partial charge in [0.2, 0.25) is 5.76 Å². The number of ether oxygens (including phenoxy) is 3. The number of fused-ring (bicyclic) bond motifs is 1. The molecule has 0 radical (unpaired) electrons. The Morgan fingerprint density at radius 1 is 1.09 bits per heavy atom. The van der Waals surface area contributed by atoms with Crippen LogP contribution in [0.25, 0.3) is 0 Å². The molecule has 1 amide bonds. The van der Waals surface area contributed by atoms with Crippen molar-refractivity contribution in [2.24, 2.45) is 0 Å². The fourth-order valence-electron chi connectivity index (χ4n) is 4.14. The predicted molar refractivity (Wildman–Crippen MR) is 124 cm³/mol. The Labute approximate surface area is 197 Å². The van der Waals surface area contributed by atoms with E-state index < -0.39 is 5.97 Å². The Balaban J connectivity index is 1.40. The van der Waals surface area contributed by atoms with Crippen LogP contribution < -0.4 is 14.8 Å². The highest BCUT2D eigenvalue weighted by Gasteiger charge is 2.42. The van der Waals surface area contributed by atoms with Gasteiger partial charge in [0.1, 0.15) is 18.5 Å². The molecular weight excluding hydrogens is 436 g/mol. The number of hydrogen-bond donors (Lipinski definition) is 1. The number of anilines is 1. The van der Waals surface area contributed by atoms with Crippen molar-refractivity contribution in [3.8, 4) is 11.5 Å². The molecule has 1 aliphatic carbocycles. The zero-order valence-electron chi connectivity index (χ0n) is 19.1. The van der Waals surface area contributed by atoms with Gasteiger partial charge in [-0.05, 0) is 61.7 Å². The van der Waals surface area contributed by atoms with Crippen molar-refractivity contribution in [3.05, 3.63) is 77.2 Å². The van der Waals surface area contributed by atoms with Crippen LogP contribution in [0, 0.1) is 0 Å². The van der Waals surface area contributed by atoms with E-state index in [0.29, 0.717) is 29.4 Å². The lowest BCUT2D eigenvalue weighted by Gasteiger charge is -2.38. The molecule has 0 spiro atoms. The summed E-state index contributed by atoms with van der Waals surface area (Å²) in [7, 11) is 1.30. The third kappa shape index (κ3) is 4.19. The summed E-state index contributed by atoms with van der Waals surface area (Å²) in [5.74, 6) is 1.23. The van der Waals surface area contributed by atoms with Crippen LogP contribution in [0.2, 0.25) is 0 Å². The third-order valence-electron chi connectivity index (χ3n) is 5.90. The summed E-state index contributed by atoms with van der Waals surface area (Å²) in [6.45, 7) is 2.48. The molecule has 1 atom stereocenters. The van der Waals surface area contributed by atoms with Crippen LogP contribution in [-0.2, 0) is 11.3 Å². The summed E-state index contributed by atoms with van der Waals surface area (Å²) < 4.78 is 21.9. The Morgan fingerprint density at radius 2 is 1.91 bits per heavy atom. The van der Waals surface area contributed by atoms with Gasteiger partial charge in [-0.2, -0.15) is 0 Å². The Kier molecular flexibility index (Phi) is 5.88. The first kappa shape index (κ1) is 21.9. The summed E-state index contributed by atoms with van der Waals surface area (Å²) >= 11 is 0. The molecule has 0 saturated heterocycles. The van der Waals surface area contributed by atoms with Gasteiger partial charge in [0.25, 0.3) is 5.91 Å². The average molecular weight is 463 g/mol. The van der Waals surface area contributed by atoms with Crippen molar-refractivity contribution in [1.82, 2.24) is 4.90 Å². The fourth-order valence-corrected chi connectivity index (χ4v) is 4.14. The number of para-hydroxylation sites is 1. The third-order valence-corrected chi connectivity index (χ3v) is 5.90. The number of nitrogens with zero attached hydrogens (tertiary/aromatic N) is 1. The van der Waals surface area contributed by atoms with Gasteiger partial charge in [0, 0.05) is 11.7 Å². The number of amides is 1. The first-order valence-corrected chi connectivity index (χ1v) is 11.3. The lowest BCUT2D eigenvalue weighted by Crippen LogP contribution is -2.44. The van der Waals surface area contributed by atoms with Crippen LogP contribution in [0.15, 0.2) is 59.0 Å². The van der Waals surface area contributed by atoms with E-state index in [1.54, 1.807) is 12.1 Å². The van der Waals surface area contributed by atoms with Crippen molar-refractivity contribution in [2.45, 2.75) is 38.6 Å². The maximum absolute atomic E-state index is 13.3. The standard InChI is InChI=1S/C26H26N2O6/c1-3-32-23-14-16(8-12-21(23)33-15-18-11-13-22(34-18)26(30)31-2)24-27-20-7-5-4-6-19(20)25(29)28(24)17-9-10-17/h4-8,11-14,17,24,27H,3,9-10,15H2,1-2H3. The molecule has 2 aromatic carbocycles. The van der Waals surface area contributed by atoms with Gasteiger partial charge in [-0.15, -0.1) is 0 Å². The van der Waals surface area contributed by atoms with Crippen LogP contribution in [0.5, 0.6) is 11.5 Å². The van der Waals surface area contributed by atoms with Crippen LogP contribution in [-0.4, -0.2) is 36.5 Å². The molecule has 8 heteroatoms. The van der Waals surface area contributed by atoms with Crippen molar-refractivity contribution in [1.29, 1.82) is 0 Å². The van der Waals surface area contributed by atoms with E-state index in [1.807, 2.05) is 54.3 Å². The molecule has 0 bridgehead atoms. The summed E-state index contributed by atoms with van der Waals surface area (Å²) in [6.07, 6.45) is 1.71. The molecule has 5 rings (SSSR count). The molecule has 2 aliphatic rings. The number of methoxy groups -OCH3 is 1. The average Bonchev–Trinajstić information content (AvgIpc) is 3.58. The van der Waals surface area contributed by atoms with Gasteiger partial charge >= 0.3 is 5.97 Å². The molecule has 1 fully saturated rings. The van der Waals surface area contributed by atoms with E-state index in [2.05, 4.69) is 10.1 Å². The normalized spacial score (nSPS) is 17.1. The van der Waals surface area contributed by atoms with Crippen LogP contribution in [0.1, 0.15) is 58.2 Å². The quantitative estimate of drug-likeness (QED) is 0.482. The molecule has 2 heterocycles. The first-order chi connectivity index (χ1) is 16.6. The van der Waals surface area contributed by atoms with Gasteiger partial charge in [0.05, 0.1) is 19.3 Å². The second kappa shape index (κ2) is 9.13. The number of carbonyl (C=O) groups excluding carboxylic acids is 2. The van der Waals surface area contributed by atoms with Crippen molar-refractivity contribution in [2.75, 3.05) is 19.0 Å². The van der Waals surface area contributed by atoms with Crippen molar-refractivity contribution < 1.29 is 28.2 Å². The first-order valence-electron chi connectivity index (χ1n) is 11.3. The molecular formula is C26H26N2O6. The molecule has 1 aliphatic heterocycles. The van der Waals surface area contributed by atoms with E-state index in [4.69, 9.17) is 13.9 Å². The lowest BCUT2D eigenvalue weighted by atomic mass is 10.0. The fraction of sp³-hybridized carbons (Fsp3) is 0.308. The van der Waals surface area contributed by atoms with Crippen molar-refractivity contribution >= 4 is 17.6 Å². The summed E-state index contributed by atoms with van der Waals surface area (Å²) in [4.78, 5) is 26.8. The zero-order valence-corrected chi connectivity index (χ0v) is 19.1. The zero-order chi connectivity index (χ0) is 23.7. The van der Waals surface area contributed by atoms with Gasteiger partial charge in [0.15, 0.2) is 11.5 Å². The van der Waals surface area contributed by atoms with Gasteiger partial charge < -0.3 is 28.8 Å². The number of furan rings is 1. The summed E-state index contributed by atoms with van der Waals surface area (Å²) in [5.41, 5.74) is 2.43. The van der Waals surface area contributed by atoms with E-state index in [-0.39, 0.29) is 30.5 Å². The molecule has 1 saturated carbocycles. The number of benzene rings is 2. The van der Waals surface area contributed by atoms with Crippen LogP contribution >= 0.6 is 0 Å². The van der Waals surface area contributed by atoms with Gasteiger partial charge in [-0.25, -0.2) is 4.79 Å². The van der Waals surface area contributed by atoms with Crippen LogP contribution in [0.4, 0.5) is 5.69 Å². The second-order valence-electron chi connectivity index (χ2n) is 8.22. The molecule has 3 aromatic rings. The maximum Gasteiger partial charge on any atom is 0.373 e. The molecule has 1 unspecified atom stereocenters. The second-order valence-corrected chi connectivity index (χ2v) is 8.22. The van der Waals surface area contributed by atoms with Crippen LogP contribution in [0.3, 0.4) is 0 Å². The summed E-state index contributed by atoms with van der Waals surface area (Å²) in [5, 5.41) is 3.53. The van der Waals surface area contributed by atoms with Gasteiger partial charge in [-0.1, -0.05) is 18.2 Å². The minimum atomic E-state index is -0.540. The number of carbonyl (C=O) groups is 2. The molecule has 1 aromatic heterocycles. The number of esters is 1. The molecule has 8 nitrogen and oxygen atoms in total. The molecule has 34 heavy (non-hydrogen) atoms. The Hall–Kier alpha value is -3.94. The van der Waals surface area contributed by atoms with E-state index >= 15 is 0 Å². The highest BCUT2D eigenvalue weighted by atomic mass is 16.5. The predicted octanol–water partition coefficient (Wildman–Crippen LogP) is 4.77. The van der Waals surface area contributed by atoms with E-state index in [0.717, 1.165) is 24.1 Å². The topological polar surface area (TPSA) is 90.2 Å². The maximum atomic E-state index is 13.3. The number of nitrogens with one attached hydrogen (secondary N) is 1. The van der Waals surface area contributed by atoms with Gasteiger partial charge in [-0.3, -0.25) is 4.79 Å².